The third-order valence-electron chi connectivity index (χ3n) is 3.80. The van der Waals surface area contributed by atoms with Crippen LogP contribution in [-0.4, -0.2) is 37.5 Å². The van der Waals surface area contributed by atoms with Gasteiger partial charge in [0.05, 0.1) is 10.9 Å². The second kappa shape index (κ2) is 6.50. The van der Waals surface area contributed by atoms with Crippen molar-refractivity contribution < 1.29 is 13.2 Å². The molecular formula is C17H20N2O3S. The fourth-order valence-electron chi connectivity index (χ4n) is 2.24. The van der Waals surface area contributed by atoms with Crippen molar-refractivity contribution in [3.05, 3.63) is 59.4 Å². The first-order chi connectivity index (χ1) is 10.7. The van der Waals surface area contributed by atoms with Gasteiger partial charge in [-0.15, -0.1) is 0 Å². The van der Waals surface area contributed by atoms with Crippen molar-refractivity contribution in [2.45, 2.75) is 24.8 Å². The lowest BCUT2D eigenvalue weighted by atomic mass is 10.1. The molecule has 6 heteroatoms. The van der Waals surface area contributed by atoms with Gasteiger partial charge in [0.25, 0.3) is 5.91 Å². The van der Waals surface area contributed by atoms with Crippen LogP contribution in [0.15, 0.2) is 47.4 Å². The van der Waals surface area contributed by atoms with Crippen LogP contribution in [0.3, 0.4) is 0 Å². The van der Waals surface area contributed by atoms with Crippen molar-refractivity contribution in [3.8, 4) is 0 Å². The zero-order chi connectivity index (χ0) is 17.2. The summed E-state index contributed by atoms with van der Waals surface area (Å²) in [6.45, 7) is 3.73. The summed E-state index contributed by atoms with van der Waals surface area (Å²) in [6.07, 6.45) is 1.17. The minimum Gasteiger partial charge on any atom is -0.334 e. The van der Waals surface area contributed by atoms with Gasteiger partial charge >= 0.3 is 0 Å². The maximum absolute atomic E-state index is 12.5. The molecule has 1 atom stereocenters. The predicted octanol–water partition coefficient (Wildman–Crippen LogP) is 2.63. The molecule has 5 nitrogen and oxygen atoms in total. The predicted molar refractivity (Wildman–Crippen MR) is 89.0 cm³/mol. The molecule has 0 bridgehead atoms. The lowest BCUT2D eigenvalue weighted by Crippen LogP contribution is -2.30. The van der Waals surface area contributed by atoms with Crippen LogP contribution in [-0.2, 0) is 9.84 Å². The van der Waals surface area contributed by atoms with E-state index in [4.69, 9.17) is 0 Å². The first-order valence-electron chi connectivity index (χ1n) is 7.21. The van der Waals surface area contributed by atoms with Gasteiger partial charge in [-0.1, -0.05) is 18.2 Å². The number of benzene rings is 1. The van der Waals surface area contributed by atoms with Crippen molar-refractivity contribution in [3.63, 3.8) is 0 Å². The number of sulfone groups is 1. The van der Waals surface area contributed by atoms with Crippen LogP contribution < -0.4 is 0 Å². The molecule has 1 aromatic carbocycles. The summed E-state index contributed by atoms with van der Waals surface area (Å²) in [5.74, 6) is -0.173. The Hall–Kier alpha value is -2.21. The minimum atomic E-state index is -3.22. The van der Waals surface area contributed by atoms with Crippen molar-refractivity contribution in [2.24, 2.45) is 0 Å². The van der Waals surface area contributed by atoms with Gasteiger partial charge in [-0.3, -0.25) is 4.79 Å². The number of amides is 1. The summed E-state index contributed by atoms with van der Waals surface area (Å²) in [5.41, 5.74) is 2.04. The van der Waals surface area contributed by atoms with E-state index in [0.29, 0.717) is 5.69 Å². The van der Waals surface area contributed by atoms with Gasteiger partial charge in [0.2, 0.25) is 0 Å². The van der Waals surface area contributed by atoms with Gasteiger partial charge in [0.1, 0.15) is 5.69 Å². The Bertz CT molecular complexity index is 814. The highest BCUT2D eigenvalue weighted by atomic mass is 32.2. The standard InChI is InChI=1S/C17H20N2O3S/c1-12-6-5-7-16(18-12)17(20)19(3)13(2)14-8-10-15(11-9-14)23(4,21)22/h5-11,13H,1-4H3. The van der Waals surface area contributed by atoms with Crippen LogP contribution in [0.1, 0.15) is 34.7 Å². The highest BCUT2D eigenvalue weighted by Gasteiger charge is 2.20. The molecule has 23 heavy (non-hydrogen) atoms. The third-order valence-corrected chi connectivity index (χ3v) is 4.93. The lowest BCUT2D eigenvalue weighted by Gasteiger charge is -2.25. The van der Waals surface area contributed by atoms with Crippen LogP contribution in [0.2, 0.25) is 0 Å². The van der Waals surface area contributed by atoms with E-state index < -0.39 is 9.84 Å². The summed E-state index contributed by atoms with van der Waals surface area (Å²) in [4.78, 5) is 18.6. The van der Waals surface area contributed by atoms with E-state index >= 15 is 0 Å². The topological polar surface area (TPSA) is 67.3 Å². The molecule has 0 saturated carbocycles. The molecule has 0 saturated heterocycles. The average molecular weight is 332 g/mol. The Labute approximate surface area is 136 Å². The van der Waals surface area contributed by atoms with Crippen molar-refractivity contribution in [1.82, 2.24) is 9.88 Å². The van der Waals surface area contributed by atoms with E-state index in [9.17, 15) is 13.2 Å². The third kappa shape index (κ3) is 3.96. The molecule has 0 aliphatic heterocycles. The van der Waals surface area contributed by atoms with Crippen molar-refractivity contribution >= 4 is 15.7 Å². The molecule has 2 rings (SSSR count). The Balaban J connectivity index is 2.22. The second-order valence-electron chi connectivity index (χ2n) is 5.60. The molecule has 1 unspecified atom stereocenters. The van der Waals surface area contributed by atoms with Gasteiger partial charge < -0.3 is 4.90 Å². The molecule has 0 radical (unpaired) electrons. The summed E-state index contributed by atoms with van der Waals surface area (Å²) >= 11 is 0. The van der Waals surface area contributed by atoms with E-state index in [2.05, 4.69) is 4.98 Å². The Kier molecular flexibility index (Phi) is 4.85. The van der Waals surface area contributed by atoms with Crippen LogP contribution in [0.25, 0.3) is 0 Å². The summed E-state index contributed by atoms with van der Waals surface area (Å²) < 4.78 is 23.0. The number of aryl methyl sites for hydroxylation is 1. The zero-order valence-corrected chi connectivity index (χ0v) is 14.5. The monoisotopic (exact) mass is 332 g/mol. The number of carbonyl (C=O) groups is 1. The van der Waals surface area contributed by atoms with Gasteiger partial charge in [0, 0.05) is 19.0 Å². The van der Waals surface area contributed by atoms with Crippen LogP contribution in [0.4, 0.5) is 0 Å². The van der Waals surface area contributed by atoms with Gasteiger partial charge in [-0.05, 0) is 43.7 Å². The van der Waals surface area contributed by atoms with E-state index in [0.717, 1.165) is 11.3 Å². The van der Waals surface area contributed by atoms with Gasteiger partial charge in [-0.2, -0.15) is 0 Å². The molecule has 0 aliphatic carbocycles. The minimum absolute atomic E-state index is 0.173. The van der Waals surface area contributed by atoms with Gasteiger partial charge in [-0.25, -0.2) is 13.4 Å². The Morgan fingerprint density at radius 3 is 2.26 bits per heavy atom. The Morgan fingerprint density at radius 2 is 1.74 bits per heavy atom. The molecule has 0 aliphatic rings. The number of pyridine rings is 1. The van der Waals surface area contributed by atoms with Crippen LogP contribution in [0.5, 0.6) is 0 Å². The molecule has 0 spiro atoms. The number of hydrogen-bond donors (Lipinski definition) is 0. The lowest BCUT2D eigenvalue weighted by molar-refractivity contribution is 0.0736. The molecule has 1 heterocycles. The molecule has 0 N–H and O–H groups in total. The van der Waals surface area contributed by atoms with E-state index in [1.54, 1.807) is 48.3 Å². The fraction of sp³-hybridized carbons (Fsp3) is 0.294. The number of nitrogens with zero attached hydrogens (tertiary/aromatic N) is 2. The molecule has 0 fully saturated rings. The fourth-order valence-corrected chi connectivity index (χ4v) is 2.87. The molecule has 122 valence electrons. The number of hydrogen-bond acceptors (Lipinski definition) is 4. The molecular weight excluding hydrogens is 312 g/mol. The number of aromatic nitrogens is 1. The molecule has 1 aromatic heterocycles. The highest BCUT2D eigenvalue weighted by Crippen LogP contribution is 2.22. The summed E-state index contributed by atoms with van der Waals surface area (Å²) in [6, 6.07) is 11.7. The maximum Gasteiger partial charge on any atom is 0.272 e. The first-order valence-corrected chi connectivity index (χ1v) is 9.10. The zero-order valence-electron chi connectivity index (χ0n) is 13.6. The van der Waals surface area contributed by atoms with Gasteiger partial charge in [0.15, 0.2) is 9.84 Å². The van der Waals surface area contributed by atoms with Crippen LogP contribution in [0, 0.1) is 6.92 Å². The first kappa shape index (κ1) is 17.1. The van der Waals surface area contributed by atoms with Crippen molar-refractivity contribution in [1.29, 1.82) is 0 Å². The molecule has 2 aromatic rings. The number of rotatable bonds is 4. The van der Waals surface area contributed by atoms with Crippen LogP contribution >= 0.6 is 0 Å². The van der Waals surface area contributed by atoms with Crippen molar-refractivity contribution in [2.75, 3.05) is 13.3 Å². The average Bonchev–Trinajstić information content (AvgIpc) is 2.52. The highest BCUT2D eigenvalue weighted by molar-refractivity contribution is 7.90. The second-order valence-corrected chi connectivity index (χ2v) is 7.61. The normalized spacial score (nSPS) is 12.7. The molecule has 1 amide bonds. The largest absolute Gasteiger partial charge is 0.334 e. The summed E-state index contributed by atoms with van der Waals surface area (Å²) in [7, 11) is -1.51. The summed E-state index contributed by atoms with van der Waals surface area (Å²) in [5, 5.41) is 0. The number of carbonyl (C=O) groups excluding carboxylic acids is 1. The van der Waals surface area contributed by atoms with E-state index in [1.807, 2.05) is 19.9 Å². The van der Waals surface area contributed by atoms with E-state index in [1.165, 1.54) is 6.26 Å². The SMILES string of the molecule is Cc1cccc(C(=O)N(C)C(C)c2ccc(S(C)(=O)=O)cc2)n1. The maximum atomic E-state index is 12.5. The van der Waals surface area contributed by atoms with E-state index in [-0.39, 0.29) is 16.8 Å². The quantitative estimate of drug-likeness (QED) is 0.863. The Morgan fingerprint density at radius 1 is 1.13 bits per heavy atom. The smallest absolute Gasteiger partial charge is 0.272 e.